The number of rotatable bonds is 3. The van der Waals surface area contributed by atoms with Gasteiger partial charge in [0, 0.05) is 19.1 Å². The molecule has 2 heterocycles. The van der Waals surface area contributed by atoms with Crippen molar-refractivity contribution in [3.05, 3.63) is 11.6 Å². The molecule has 0 atom stereocenters. The smallest absolute Gasteiger partial charge is 0.329 e. The van der Waals surface area contributed by atoms with Gasteiger partial charge >= 0.3 is 5.97 Å². The van der Waals surface area contributed by atoms with Crippen LogP contribution in [0.1, 0.15) is 49.7 Å². The molecule has 1 N–H and O–H groups in total. The molecule has 2 aliphatic rings. The van der Waals surface area contributed by atoms with E-state index in [0.717, 1.165) is 38.3 Å². The van der Waals surface area contributed by atoms with Crippen LogP contribution in [0.25, 0.3) is 0 Å². The summed E-state index contributed by atoms with van der Waals surface area (Å²) in [7, 11) is 0. The molecular weight excluding hydrogens is 246 g/mol. The van der Waals surface area contributed by atoms with Crippen molar-refractivity contribution in [2.24, 2.45) is 0 Å². The largest absolute Gasteiger partial charge is 0.479 e. The molecule has 1 aromatic rings. The number of carboxylic acids is 1. The van der Waals surface area contributed by atoms with E-state index >= 15 is 0 Å². The van der Waals surface area contributed by atoms with Gasteiger partial charge in [0.05, 0.1) is 0 Å². The molecule has 1 saturated heterocycles. The van der Waals surface area contributed by atoms with Gasteiger partial charge in [-0.1, -0.05) is 0 Å². The van der Waals surface area contributed by atoms with Gasteiger partial charge in [0.1, 0.15) is 17.2 Å². The Morgan fingerprint density at radius 3 is 2.58 bits per heavy atom. The minimum atomic E-state index is -0.804. The quantitative estimate of drug-likeness (QED) is 0.895. The first-order valence-electron chi connectivity index (χ1n) is 6.89. The van der Waals surface area contributed by atoms with Crippen LogP contribution in [0.4, 0.5) is 0 Å². The molecule has 2 fully saturated rings. The molecule has 0 aromatic carbocycles. The van der Waals surface area contributed by atoms with Crippen molar-refractivity contribution >= 4 is 5.97 Å². The van der Waals surface area contributed by atoms with E-state index in [9.17, 15) is 9.90 Å². The molecule has 6 heteroatoms. The maximum Gasteiger partial charge on any atom is 0.329 e. The third kappa shape index (κ3) is 1.85. The molecule has 19 heavy (non-hydrogen) atoms. The van der Waals surface area contributed by atoms with Gasteiger partial charge in [-0.2, -0.15) is 0 Å². The molecule has 0 unspecified atom stereocenters. The molecule has 0 bridgehead atoms. The zero-order valence-corrected chi connectivity index (χ0v) is 11.1. The second-order valence-corrected chi connectivity index (χ2v) is 5.52. The van der Waals surface area contributed by atoms with Gasteiger partial charge in [0.15, 0.2) is 0 Å². The van der Waals surface area contributed by atoms with E-state index in [1.165, 1.54) is 0 Å². The van der Waals surface area contributed by atoms with Gasteiger partial charge in [-0.25, -0.2) is 4.79 Å². The molecule has 3 rings (SSSR count). The predicted octanol–water partition coefficient (Wildman–Crippen LogP) is 1.44. The molecule has 0 amide bonds. The third-order valence-corrected chi connectivity index (χ3v) is 4.44. The van der Waals surface area contributed by atoms with Crippen LogP contribution < -0.4 is 0 Å². The predicted molar refractivity (Wildman–Crippen MR) is 67.0 cm³/mol. The molecule has 1 aliphatic carbocycles. The lowest BCUT2D eigenvalue weighted by molar-refractivity contribution is -0.152. The molecule has 1 aliphatic heterocycles. The summed E-state index contributed by atoms with van der Waals surface area (Å²) in [5, 5.41) is 18.0. The summed E-state index contributed by atoms with van der Waals surface area (Å²) in [5.41, 5.74) is -0.804. The van der Waals surface area contributed by atoms with Crippen molar-refractivity contribution in [1.82, 2.24) is 14.8 Å². The second-order valence-electron chi connectivity index (χ2n) is 5.52. The van der Waals surface area contributed by atoms with Gasteiger partial charge < -0.3 is 9.84 Å². The van der Waals surface area contributed by atoms with E-state index in [4.69, 9.17) is 4.74 Å². The number of hydrogen-bond donors (Lipinski definition) is 1. The Bertz CT molecular complexity index is 487. The zero-order chi connectivity index (χ0) is 13.5. The Morgan fingerprint density at radius 2 is 2.05 bits per heavy atom. The number of carbonyl (C=O) groups is 1. The van der Waals surface area contributed by atoms with Gasteiger partial charge in [0.2, 0.25) is 0 Å². The number of carboxylic acid groups (broad SMARTS) is 1. The molecular formula is C13H19N3O3. The standard InChI is InChI=1S/C13H19N3O3/c1-9-14-15-11(10-3-7-19-8-4-10)16(9)13(12(17)18)5-2-6-13/h10H,2-8H2,1H3,(H,17,18). The van der Waals surface area contributed by atoms with Crippen LogP contribution in [0.3, 0.4) is 0 Å². The second kappa shape index (κ2) is 4.59. The summed E-state index contributed by atoms with van der Waals surface area (Å²) in [5.74, 6) is 1.06. The van der Waals surface area contributed by atoms with Crippen molar-refractivity contribution in [2.75, 3.05) is 13.2 Å². The maximum atomic E-state index is 11.7. The van der Waals surface area contributed by atoms with E-state index in [-0.39, 0.29) is 5.92 Å². The zero-order valence-electron chi connectivity index (χ0n) is 11.1. The number of ether oxygens (including phenoxy) is 1. The van der Waals surface area contributed by atoms with Crippen LogP contribution >= 0.6 is 0 Å². The average Bonchev–Trinajstić information content (AvgIpc) is 2.72. The first-order chi connectivity index (χ1) is 9.15. The van der Waals surface area contributed by atoms with E-state index in [2.05, 4.69) is 10.2 Å². The van der Waals surface area contributed by atoms with E-state index in [1.54, 1.807) is 0 Å². The highest BCUT2D eigenvalue weighted by Gasteiger charge is 2.49. The number of nitrogens with zero attached hydrogens (tertiary/aromatic N) is 3. The minimum absolute atomic E-state index is 0.270. The Hall–Kier alpha value is -1.43. The van der Waals surface area contributed by atoms with Crippen LogP contribution in [0, 0.1) is 6.92 Å². The van der Waals surface area contributed by atoms with Gasteiger partial charge in [-0.3, -0.25) is 4.57 Å². The van der Waals surface area contributed by atoms with E-state index in [1.807, 2.05) is 11.5 Å². The average molecular weight is 265 g/mol. The molecule has 6 nitrogen and oxygen atoms in total. The fraction of sp³-hybridized carbons (Fsp3) is 0.769. The van der Waals surface area contributed by atoms with Gasteiger partial charge in [-0.05, 0) is 39.0 Å². The summed E-state index contributed by atoms with van der Waals surface area (Å²) in [6, 6.07) is 0. The molecule has 104 valence electrons. The van der Waals surface area contributed by atoms with Gasteiger partial charge in [0.25, 0.3) is 0 Å². The first-order valence-corrected chi connectivity index (χ1v) is 6.89. The third-order valence-electron chi connectivity index (χ3n) is 4.44. The highest BCUT2D eigenvalue weighted by Crippen LogP contribution is 2.42. The maximum absolute atomic E-state index is 11.7. The summed E-state index contributed by atoms with van der Waals surface area (Å²) in [6.07, 6.45) is 4.10. The fourth-order valence-corrected chi connectivity index (χ4v) is 3.17. The number of aromatic nitrogens is 3. The van der Waals surface area contributed by atoms with Crippen LogP contribution in [-0.4, -0.2) is 39.1 Å². The summed E-state index contributed by atoms with van der Waals surface area (Å²) < 4.78 is 7.25. The van der Waals surface area contributed by atoms with Crippen LogP contribution in [0.15, 0.2) is 0 Å². The van der Waals surface area contributed by atoms with Crippen LogP contribution in [0.2, 0.25) is 0 Å². The Labute approximate surface area is 111 Å². The summed E-state index contributed by atoms with van der Waals surface area (Å²) >= 11 is 0. The molecule has 0 spiro atoms. The minimum Gasteiger partial charge on any atom is -0.479 e. The fourth-order valence-electron chi connectivity index (χ4n) is 3.17. The van der Waals surface area contributed by atoms with Crippen molar-refractivity contribution < 1.29 is 14.6 Å². The summed E-state index contributed by atoms with van der Waals surface area (Å²) in [4.78, 5) is 11.7. The lowest BCUT2D eigenvalue weighted by Crippen LogP contribution is -2.49. The molecule has 0 radical (unpaired) electrons. The molecule has 1 saturated carbocycles. The van der Waals surface area contributed by atoms with E-state index < -0.39 is 11.5 Å². The molecule has 1 aromatic heterocycles. The number of aryl methyl sites for hydroxylation is 1. The Kier molecular flexibility index (Phi) is 3.05. The Morgan fingerprint density at radius 1 is 1.37 bits per heavy atom. The first kappa shape index (κ1) is 12.6. The SMILES string of the molecule is Cc1nnc(C2CCOCC2)n1C1(C(=O)O)CCC1. The number of aliphatic carboxylic acids is 1. The highest BCUT2D eigenvalue weighted by atomic mass is 16.5. The van der Waals surface area contributed by atoms with Crippen LogP contribution in [0.5, 0.6) is 0 Å². The lowest BCUT2D eigenvalue weighted by atomic mass is 9.76. The van der Waals surface area contributed by atoms with Gasteiger partial charge in [-0.15, -0.1) is 10.2 Å². The lowest BCUT2D eigenvalue weighted by Gasteiger charge is -2.41. The highest BCUT2D eigenvalue weighted by molar-refractivity contribution is 5.78. The van der Waals surface area contributed by atoms with Crippen molar-refractivity contribution in [1.29, 1.82) is 0 Å². The topological polar surface area (TPSA) is 77.2 Å². The normalized spacial score (nSPS) is 23.0. The van der Waals surface area contributed by atoms with Crippen molar-refractivity contribution in [2.45, 2.75) is 50.5 Å². The monoisotopic (exact) mass is 265 g/mol. The number of hydrogen-bond acceptors (Lipinski definition) is 4. The summed E-state index contributed by atoms with van der Waals surface area (Å²) in [6.45, 7) is 3.28. The Balaban J connectivity index is 2.00. The van der Waals surface area contributed by atoms with Crippen molar-refractivity contribution in [3.63, 3.8) is 0 Å². The van der Waals surface area contributed by atoms with Crippen molar-refractivity contribution in [3.8, 4) is 0 Å². The van der Waals surface area contributed by atoms with E-state index in [0.29, 0.717) is 18.7 Å². The van der Waals surface area contributed by atoms with Crippen LogP contribution in [-0.2, 0) is 15.1 Å².